The normalized spacial score (nSPS) is 49.6. The molecule has 65 nitrogen and oxygen atoms in total. The Bertz CT molecular complexity index is 4110. The quantitative estimate of drug-likeness (QED) is 0.0273. The van der Waals surface area contributed by atoms with Crippen molar-refractivity contribution in [2.75, 3.05) is 72.7 Å². The average Bonchev–Trinajstić information content (AvgIpc) is 0.752. The van der Waals surface area contributed by atoms with Crippen molar-refractivity contribution in [3.63, 3.8) is 0 Å². The molecule has 0 bridgehead atoms. The van der Waals surface area contributed by atoms with Gasteiger partial charge in [-0.2, -0.15) is 0 Å². The summed E-state index contributed by atoms with van der Waals surface area (Å²) in [5, 5.41) is 375. The molecule has 0 aromatic heterocycles. The molecular weight excluding hydrogens is 2010 g/mol. The molecule has 147 heavy (non-hydrogen) atoms. The number of carbonyl (C=O) groups is 5. The van der Waals surface area contributed by atoms with Gasteiger partial charge in [-0.05, 0) is 6.92 Å². The highest BCUT2D eigenvalue weighted by atomic mass is 16.8. The van der Waals surface area contributed by atoms with Gasteiger partial charge in [0, 0.05) is 34.6 Å². The van der Waals surface area contributed by atoms with Gasteiger partial charge in [-0.3, -0.25) is 24.0 Å². The molecule has 0 aliphatic carbocycles. The maximum absolute atomic E-state index is 13.5. The van der Waals surface area contributed by atoms with Crippen LogP contribution in [0.5, 0.6) is 0 Å². The lowest BCUT2D eigenvalue weighted by atomic mass is 9.93. The molecule has 0 saturated carbocycles. The van der Waals surface area contributed by atoms with E-state index in [0.717, 1.165) is 34.6 Å². The number of carbonyl (C=O) groups excluding carboxylic acids is 5. The van der Waals surface area contributed by atoms with E-state index in [4.69, 9.17) is 109 Å². The van der Waals surface area contributed by atoms with Gasteiger partial charge in [-0.1, -0.05) is 0 Å². The summed E-state index contributed by atoms with van der Waals surface area (Å²) in [7, 11) is 0. The van der Waals surface area contributed by atoms with Gasteiger partial charge in [-0.15, -0.1) is 0 Å². The molecule has 37 N–H and O–H groups in total. The second kappa shape index (κ2) is 52.8. The summed E-state index contributed by atoms with van der Waals surface area (Å²) in [5.41, 5.74) is 0. The second-order valence-corrected chi connectivity index (χ2v) is 37.3. The zero-order chi connectivity index (χ0) is 108. The minimum Gasteiger partial charge on any atom is -0.394 e. The Morgan fingerprint density at radius 1 is 0.190 bits per heavy atom. The first kappa shape index (κ1) is 121. The van der Waals surface area contributed by atoms with Gasteiger partial charge in [-0.25, -0.2) is 0 Å². The summed E-state index contributed by atoms with van der Waals surface area (Å²) in [6.07, 6.45) is -120. The van der Waals surface area contributed by atoms with E-state index in [9.17, 15) is 187 Å². The molecule has 0 radical (unpaired) electrons. The fourth-order valence-electron chi connectivity index (χ4n) is 19.2. The Balaban J connectivity index is 0.919. The lowest BCUT2D eigenvalue weighted by molar-refractivity contribution is -0.407. The van der Waals surface area contributed by atoms with E-state index in [0.29, 0.717) is 0 Å². The lowest BCUT2D eigenvalue weighted by Gasteiger charge is -2.52. The number of nitrogens with one attached hydrogen (secondary N) is 5. The molecule has 12 aliphatic heterocycles. The van der Waals surface area contributed by atoms with Crippen LogP contribution in [0.1, 0.15) is 41.5 Å². The SMILES string of the molecule is CC(=O)N[C@@H]1[C@@H](O)[C@H](O[C@@H]2O[C@H](CO)[C@@H](O[C@@H]3O[C@H](CO[C@H]4O[C@H](CO)[C@@H](O)[C@H](O)[C@@H]4O[C@@H]4O[C@H](CO)[C@@H](O[C@@H]5O[C@H](CO)[C@H](O)[C@H](O)[C@H]5O[C@@H]5O[C@@H](C)[C@@H](O)[C@@H](O)[C@@H]5O)[C@H](O)[C@H]4NC(C)=O)[C@@H](O)[C@H](O[C@H]4O[C@H](CO)[C@@H](O[C@@H]5O[C@H](CO)[C@@H](O[C@@H]6O[C@H](CO)[C@H](O)[C@H](O)[C@H]6O)[C@H](O)[C@H]5NC(C)=O)[C@H](O)[C@@H]4O[C@@H]4O[C@H](CO)[C@@H](O[C@@H]5O[C@H](CO)[C@H](O)[C@H](O)[C@H]5O)[C@H](O)[C@H]4NC(C)=O)[C@@H]3O)[C@H](O)[C@H]2NC(C)=O)[C@@H](CO)O[C@H]1O. The van der Waals surface area contributed by atoms with Crippen molar-refractivity contribution >= 4 is 29.5 Å². The first-order valence-corrected chi connectivity index (χ1v) is 47.0. The van der Waals surface area contributed by atoms with Crippen molar-refractivity contribution in [3.8, 4) is 0 Å². The van der Waals surface area contributed by atoms with Gasteiger partial charge >= 0.3 is 0 Å². The van der Waals surface area contributed by atoms with E-state index in [1.807, 2.05) is 0 Å². The predicted molar refractivity (Wildman–Crippen MR) is 452 cm³/mol. The standard InChI is InChI=1S/C82H137N5O60/c1-18-40(103)51(114)56(119)76(126-18)147-69-55(118)44(107)27(10-91)131-81(69)143-65-32(15-96)135-74(39(50(65)113)87-23(6)102)145-68-54(117)43(106)26(9-90)130-80(68)125-17-34-45(108)67(60(123)79(137-34)142-64-31(14-95)132-72(36(48(64)111)84-20(3)99)138-61-28(11-92)127-71(124)35(46(61)109)83-19(2)98)144-82-70(146-75-38(86-22(5)101)49(112)63(30(13-94)134-75)141-78-58(121)53(116)42(105)25(8-89)129-78)59(122)66(33(16-97)136-82)139-73-37(85-21(4)100)47(110)62(29(12-93)133-73)140-77-57(120)52(115)41(104)24(7-88)128-77/h18,24-82,88-97,103-124H,7-17H2,1-6H3,(H,83,98)(H,84,99)(H,85,100)(H,86,101)(H,87,102)/t18-,24+,25+,26+,27+,28+,29+,30+,31+,32+,33+,34+,35+,36+,37+,38+,39+,40+,41-,42-,43+,44-,45+,46+,47+,48+,49+,50+,51+,52-,53-,54-,55-,56-,57+,58+,59-,60-,61+,62+,63+,64+,65+,66+,67-,68-,69+,70-,71+,72-,73-,74-,75-,76-,77-,78-,79-,80-,81-,82+/m0/s1. The molecule has 12 rings (SSSR count). The number of aliphatic hydroxyl groups excluding tert-OH is 32. The number of hydrogen-bond donors (Lipinski definition) is 37. The molecule has 12 fully saturated rings. The third-order valence-corrected chi connectivity index (χ3v) is 27.1. The number of hydrogen-bond acceptors (Lipinski definition) is 60. The number of amides is 5. The van der Waals surface area contributed by atoms with Gasteiger partial charge in [0.1, 0.15) is 287 Å². The number of ether oxygens (including phenoxy) is 23. The minimum absolute atomic E-state index is 0.841. The largest absolute Gasteiger partial charge is 0.394 e. The minimum atomic E-state index is -2.79. The maximum atomic E-state index is 13.5. The van der Waals surface area contributed by atoms with Crippen molar-refractivity contribution in [2.24, 2.45) is 0 Å². The second-order valence-electron chi connectivity index (χ2n) is 37.3. The molecule has 12 heterocycles. The van der Waals surface area contributed by atoms with Crippen molar-refractivity contribution in [1.29, 1.82) is 0 Å². The molecule has 5 amide bonds. The van der Waals surface area contributed by atoms with Gasteiger partial charge in [0.2, 0.25) is 29.5 Å². The van der Waals surface area contributed by atoms with Crippen LogP contribution in [0.4, 0.5) is 0 Å². The average molecular weight is 2150 g/mol. The van der Waals surface area contributed by atoms with E-state index in [1.54, 1.807) is 0 Å². The van der Waals surface area contributed by atoms with E-state index in [1.165, 1.54) is 6.92 Å². The van der Waals surface area contributed by atoms with Crippen LogP contribution < -0.4 is 26.6 Å². The first-order valence-electron chi connectivity index (χ1n) is 47.0. The molecular formula is C82H137N5O60. The van der Waals surface area contributed by atoms with Gasteiger partial charge in [0.15, 0.2) is 75.5 Å². The van der Waals surface area contributed by atoms with Gasteiger partial charge < -0.3 is 299 Å². The molecule has 12 saturated heterocycles. The monoisotopic (exact) mass is 2150 g/mol. The third kappa shape index (κ3) is 26.7. The van der Waals surface area contributed by atoms with Crippen LogP contribution in [0.15, 0.2) is 0 Å². The van der Waals surface area contributed by atoms with Gasteiger partial charge in [0.25, 0.3) is 0 Å². The third-order valence-electron chi connectivity index (χ3n) is 27.1. The summed E-state index contributed by atoms with van der Waals surface area (Å²) in [6.45, 7) is -7.53. The Hall–Kier alpha value is -4.85. The zero-order valence-corrected chi connectivity index (χ0v) is 79.2. The fraction of sp³-hybridized carbons (Fsp3) is 0.939. The molecule has 60 atom stereocenters. The Kier molecular flexibility index (Phi) is 43.4. The van der Waals surface area contributed by atoms with Crippen molar-refractivity contribution in [3.05, 3.63) is 0 Å². The van der Waals surface area contributed by atoms with Crippen LogP contribution in [-0.2, 0) is 133 Å². The van der Waals surface area contributed by atoms with Crippen LogP contribution in [0.2, 0.25) is 0 Å². The molecule has 0 unspecified atom stereocenters. The van der Waals surface area contributed by atoms with E-state index >= 15 is 0 Å². The molecule has 0 spiro atoms. The number of rotatable bonds is 38. The van der Waals surface area contributed by atoms with Crippen molar-refractivity contribution in [1.82, 2.24) is 26.6 Å². The Morgan fingerprint density at radius 2 is 0.408 bits per heavy atom. The maximum Gasteiger partial charge on any atom is 0.217 e. The summed E-state index contributed by atoms with van der Waals surface area (Å²) in [6, 6.07) is -10.1. The highest BCUT2D eigenvalue weighted by molar-refractivity contribution is 5.75. The molecule has 850 valence electrons. The molecule has 0 aromatic carbocycles. The molecule has 0 aromatic rings. The Labute approximate surface area is 832 Å². The van der Waals surface area contributed by atoms with Crippen molar-refractivity contribution < 1.29 is 296 Å². The smallest absolute Gasteiger partial charge is 0.217 e. The van der Waals surface area contributed by atoms with Crippen LogP contribution in [0.25, 0.3) is 0 Å². The summed E-state index contributed by atoms with van der Waals surface area (Å²) in [5.74, 6) is -5.00. The lowest BCUT2D eigenvalue weighted by Crippen LogP contribution is -2.71. The Morgan fingerprint density at radius 3 is 0.748 bits per heavy atom. The summed E-state index contributed by atoms with van der Waals surface area (Å²) in [4.78, 5) is 65.7. The van der Waals surface area contributed by atoms with E-state index in [-0.39, 0.29) is 0 Å². The van der Waals surface area contributed by atoms with Crippen LogP contribution in [0, 0.1) is 0 Å². The van der Waals surface area contributed by atoms with Crippen LogP contribution in [0.3, 0.4) is 0 Å². The highest BCUT2D eigenvalue weighted by Crippen LogP contribution is 2.43. The van der Waals surface area contributed by atoms with E-state index < -0.39 is 470 Å². The molecule has 65 heteroatoms. The van der Waals surface area contributed by atoms with E-state index in [2.05, 4.69) is 26.6 Å². The fourth-order valence-corrected chi connectivity index (χ4v) is 19.2. The predicted octanol–water partition coefficient (Wildman–Crippen LogP) is -25.4. The van der Waals surface area contributed by atoms with Gasteiger partial charge in [0.05, 0.1) is 78.8 Å². The zero-order valence-electron chi connectivity index (χ0n) is 79.2. The molecule has 12 aliphatic rings. The van der Waals surface area contributed by atoms with Crippen LogP contribution >= 0.6 is 0 Å². The van der Waals surface area contributed by atoms with Crippen molar-refractivity contribution in [2.45, 2.75) is 410 Å². The summed E-state index contributed by atoms with van der Waals surface area (Å²) < 4.78 is 139. The van der Waals surface area contributed by atoms with Crippen LogP contribution in [-0.4, -0.2) is 634 Å². The summed E-state index contributed by atoms with van der Waals surface area (Å²) >= 11 is 0. The highest BCUT2D eigenvalue weighted by Gasteiger charge is 2.64. The first-order chi connectivity index (χ1) is 69.6. The number of aliphatic hydroxyl groups is 32. The topological polar surface area (TPSA) is 1010 Å².